The smallest absolute Gasteiger partial charge is 0.296 e. The quantitative estimate of drug-likeness (QED) is 0.116. The molecule has 0 amide bonds. The Balaban J connectivity index is 2.39. The summed E-state index contributed by atoms with van der Waals surface area (Å²) in [5.41, 5.74) is 3.61. The van der Waals surface area contributed by atoms with Crippen LogP contribution in [0, 0.1) is 10.1 Å². The van der Waals surface area contributed by atoms with Crippen LogP contribution in [-0.4, -0.2) is 41.1 Å². The second-order valence-corrected chi connectivity index (χ2v) is 9.01. The third-order valence-corrected chi connectivity index (χ3v) is 5.97. The molecule has 32 heavy (non-hydrogen) atoms. The number of fused-ring (bicyclic) bond motifs is 1. The van der Waals surface area contributed by atoms with E-state index in [1.54, 1.807) is 0 Å². The van der Waals surface area contributed by atoms with Crippen molar-refractivity contribution in [3.63, 3.8) is 0 Å². The maximum Gasteiger partial charge on any atom is 0.296 e. The highest BCUT2D eigenvalue weighted by atomic mass is 32.2. The Morgan fingerprint density at radius 1 is 0.906 bits per heavy atom. The van der Waals surface area contributed by atoms with E-state index in [2.05, 4.69) is 10.2 Å². The molecule has 0 spiro atoms. The van der Waals surface area contributed by atoms with E-state index in [0.717, 1.165) is 30.3 Å². The SMILES string of the molecule is Nc1ccc(S(=O)(=O)O)c2cc(S(=O)(=O)O)c(N=Nc3cc([N+](=O)[O-])ccc3O)c(O)c12. The van der Waals surface area contributed by atoms with Crippen LogP contribution in [0.4, 0.5) is 22.7 Å². The van der Waals surface area contributed by atoms with Crippen LogP contribution in [0.15, 0.2) is 56.4 Å². The standard InChI is InChI=1S/C16H12N4O10S2/c17-9-2-4-12(31(25,26)27)8-6-13(32(28,29)30)15(16(22)14(8)9)19-18-10-5-7(20(23)24)1-3-11(10)21/h1-6,21-22H,17H2,(H,25,26,27)(H,28,29,30). The minimum Gasteiger partial charge on any atom is -0.506 e. The topological polar surface area (TPSA) is 243 Å². The molecule has 0 saturated carbocycles. The van der Waals surface area contributed by atoms with Crippen LogP contribution >= 0.6 is 0 Å². The fourth-order valence-corrected chi connectivity index (χ4v) is 4.11. The Morgan fingerprint density at radius 3 is 2.09 bits per heavy atom. The predicted molar refractivity (Wildman–Crippen MR) is 109 cm³/mol. The molecule has 0 aromatic heterocycles. The van der Waals surface area contributed by atoms with Crippen molar-refractivity contribution in [1.82, 2.24) is 0 Å². The first kappa shape index (κ1) is 22.8. The summed E-state index contributed by atoms with van der Waals surface area (Å²) in [5, 5.41) is 37.3. The molecule has 0 radical (unpaired) electrons. The van der Waals surface area contributed by atoms with Gasteiger partial charge in [0, 0.05) is 23.2 Å². The maximum atomic E-state index is 11.9. The largest absolute Gasteiger partial charge is 0.506 e. The number of nitrogen functional groups attached to an aromatic ring is 1. The number of nitrogens with zero attached hydrogens (tertiary/aromatic N) is 3. The molecule has 3 rings (SSSR count). The number of aromatic hydroxyl groups is 2. The highest BCUT2D eigenvalue weighted by Crippen LogP contribution is 2.45. The molecule has 0 saturated heterocycles. The van der Waals surface area contributed by atoms with Crippen molar-refractivity contribution in [2.75, 3.05) is 5.73 Å². The molecule has 0 atom stereocenters. The fourth-order valence-electron chi connectivity index (χ4n) is 2.79. The zero-order valence-electron chi connectivity index (χ0n) is 15.4. The number of nitro groups is 1. The number of nitrogens with two attached hydrogens (primary N) is 1. The molecule has 16 heteroatoms. The van der Waals surface area contributed by atoms with E-state index in [9.17, 15) is 46.3 Å². The maximum absolute atomic E-state index is 11.9. The highest BCUT2D eigenvalue weighted by Gasteiger charge is 2.26. The molecule has 0 unspecified atom stereocenters. The summed E-state index contributed by atoms with van der Waals surface area (Å²) in [5.74, 6) is -1.62. The summed E-state index contributed by atoms with van der Waals surface area (Å²) >= 11 is 0. The van der Waals surface area contributed by atoms with Crippen LogP contribution in [0.1, 0.15) is 0 Å². The lowest BCUT2D eigenvalue weighted by atomic mass is 10.1. The van der Waals surface area contributed by atoms with Crippen molar-refractivity contribution < 1.29 is 41.1 Å². The molecular weight excluding hydrogens is 472 g/mol. The van der Waals surface area contributed by atoms with Crippen molar-refractivity contribution in [2.45, 2.75) is 9.79 Å². The molecule has 0 aliphatic carbocycles. The molecule has 6 N–H and O–H groups in total. The molecular formula is C16H12N4O10S2. The summed E-state index contributed by atoms with van der Waals surface area (Å²) in [7, 11) is -10.1. The Bertz CT molecular complexity index is 1530. The van der Waals surface area contributed by atoms with Gasteiger partial charge in [-0.15, -0.1) is 10.2 Å². The number of benzene rings is 3. The van der Waals surface area contributed by atoms with Gasteiger partial charge in [-0.1, -0.05) is 0 Å². The summed E-state index contributed by atoms with van der Waals surface area (Å²) in [6.45, 7) is 0. The number of phenols is 2. The molecule has 0 fully saturated rings. The first-order valence-corrected chi connectivity index (χ1v) is 11.0. The Kier molecular flexibility index (Phi) is 5.48. The van der Waals surface area contributed by atoms with Gasteiger partial charge >= 0.3 is 0 Å². The molecule has 168 valence electrons. The number of nitro benzene ring substituents is 1. The molecule has 0 aliphatic heterocycles. The Labute approximate surface area is 178 Å². The summed E-state index contributed by atoms with van der Waals surface area (Å²) < 4.78 is 66.0. The third-order valence-electron chi connectivity index (χ3n) is 4.19. The van der Waals surface area contributed by atoms with Gasteiger partial charge in [-0.3, -0.25) is 19.2 Å². The average Bonchev–Trinajstić information content (AvgIpc) is 2.66. The lowest BCUT2D eigenvalue weighted by Gasteiger charge is -2.12. The normalized spacial score (nSPS) is 12.4. The van der Waals surface area contributed by atoms with Crippen LogP contribution in [0.3, 0.4) is 0 Å². The van der Waals surface area contributed by atoms with Crippen molar-refractivity contribution in [3.05, 3.63) is 46.5 Å². The number of rotatable bonds is 5. The first-order valence-electron chi connectivity index (χ1n) is 8.14. The molecule has 3 aromatic carbocycles. The zero-order chi connectivity index (χ0) is 24.0. The lowest BCUT2D eigenvalue weighted by molar-refractivity contribution is -0.384. The second kappa shape index (κ2) is 7.68. The molecule has 14 nitrogen and oxygen atoms in total. The van der Waals surface area contributed by atoms with Crippen molar-refractivity contribution in [2.24, 2.45) is 10.2 Å². The van der Waals surface area contributed by atoms with Crippen LogP contribution in [-0.2, 0) is 20.2 Å². The van der Waals surface area contributed by atoms with Gasteiger partial charge in [0.2, 0.25) is 0 Å². The molecule has 0 heterocycles. The Morgan fingerprint density at radius 2 is 1.53 bits per heavy atom. The molecule has 0 bridgehead atoms. The monoisotopic (exact) mass is 484 g/mol. The van der Waals surface area contributed by atoms with E-state index >= 15 is 0 Å². The van der Waals surface area contributed by atoms with Gasteiger partial charge in [0.25, 0.3) is 25.9 Å². The number of hydrogen-bond donors (Lipinski definition) is 5. The van der Waals surface area contributed by atoms with Crippen LogP contribution < -0.4 is 5.73 Å². The fraction of sp³-hybridized carbons (Fsp3) is 0. The van der Waals surface area contributed by atoms with Gasteiger partial charge in [-0.25, -0.2) is 0 Å². The van der Waals surface area contributed by atoms with Gasteiger partial charge in [0.1, 0.15) is 26.9 Å². The minimum atomic E-state index is -5.16. The average molecular weight is 484 g/mol. The molecule has 3 aromatic rings. The van der Waals surface area contributed by atoms with E-state index in [1.807, 2.05) is 0 Å². The van der Waals surface area contributed by atoms with Gasteiger partial charge < -0.3 is 15.9 Å². The summed E-state index contributed by atoms with van der Waals surface area (Å²) in [6.07, 6.45) is 0. The van der Waals surface area contributed by atoms with Crippen molar-refractivity contribution >= 4 is 53.8 Å². The van der Waals surface area contributed by atoms with E-state index < -0.39 is 74.3 Å². The molecule has 0 aliphatic rings. The number of hydrogen-bond acceptors (Lipinski definition) is 11. The van der Waals surface area contributed by atoms with Crippen molar-refractivity contribution in [3.8, 4) is 11.5 Å². The summed E-state index contributed by atoms with van der Waals surface area (Å²) in [6, 6.07) is 5.13. The van der Waals surface area contributed by atoms with Gasteiger partial charge in [-0.05, 0) is 24.3 Å². The van der Waals surface area contributed by atoms with Crippen LogP contribution in [0.5, 0.6) is 11.5 Å². The summed E-state index contributed by atoms with van der Waals surface area (Å²) in [4.78, 5) is 8.16. The van der Waals surface area contributed by atoms with Gasteiger partial charge in [0.05, 0.1) is 10.3 Å². The number of azo groups is 1. The highest BCUT2D eigenvalue weighted by molar-refractivity contribution is 7.86. The van der Waals surface area contributed by atoms with E-state index in [1.165, 1.54) is 0 Å². The number of non-ortho nitro benzene ring substituents is 1. The first-order chi connectivity index (χ1) is 14.7. The number of phenolic OH excluding ortho intramolecular Hbond substituents is 2. The zero-order valence-corrected chi connectivity index (χ0v) is 17.1. The Hall–Kier alpha value is -3.86. The second-order valence-electron chi connectivity index (χ2n) is 6.23. The predicted octanol–water partition coefficient (Wildman–Crippen LogP) is 2.65. The van der Waals surface area contributed by atoms with E-state index in [4.69, 9.17) is 5.73 Å². The third kappa shape index (κ3) is 4.14. The van der Waals surface area contributed by atoms with E-state index in [-0.39, 0.29) is 5.69 Å². The van der Waals surface area contributed by atoms with Gasteiger partial charge in [-0.2, -0.15) is 16.8 Å². The van der Waals surface area contributed by atoms with Crippen LogP contribution in [0.25, 0.3) is 10.8 Å². The van der Waals surface area contributed by atoms with Crippen molar-refractivity contribution in [1.29, 1.82) is 0 Å². The van der Waals surface area contributed by atoms with Gasteiger partial charge in [0.15, 0.2) is 5.75 Å². The minimum absolute atomic E-state index is 0.249. The van der Waals surface area contributed by atoms with E-state index in [0.29, 0.717) is 6.07 Å². The lowest BCUT2D eigenvalue weighted by Crippen LogP contribution is -2.04. The number of anilines is 1. The van der Waals surface area contributed by atoms with Crippen LogP contribution in [0.2, 0.25) is 0 Å².